The van der Waals surface area contributed by atoms with Gasteiger partial charge < -0.3 is 9.47 Å². The van der Waals surface area contributed by atoms with Gasteiger partial charge in [-0.05, 0) is 99.3 Å². The lowest BCUT2D eigenvalue weighted by molar-refractivity contribution is -0.0903. The first-order valence-electron chi connectivity index (χ1n) is 11.4. The van der Waals surface area contributed by atoms with E-state index in [2.05, 4.69) is 84.2 Å². The first-order chi connectivity index (χ1) is 13.5. The normalized spacial score (nSPS) is 32.5. The van der Waals surface area contributed by atoms with Gasteiger partial charge in [-0.1, -0.05) is 32.9 Å². The van der Waals surface area contributed by atoms with Crippen LogP contribution in [0.15, 0.2) is 12.1 Å². The summed E-state index contributed by atoms with van der Waals surface area (Å²) in [6, 6.07) is 5.43. The molecule has 156 valence electrons. The fourth-order valence-corrected chi connectivity index (χ4v) is 8.40. The first kappa shape index (κ1) is 19.4. The molecule has 1 aromatic carbocycles. The maximum Gasteiger partial charge on any atom is 0.0275 e. The van der Waals surface area contributed by atoms with Crippen molar-refractivity contribution in [1.82, 2.24) is 9.47 Å². The summed E-state index contributed by atoms with van der Waals surface area (Å²) in [5.41, 5.74) is 13.1. The van der Waals surface area contributed by atoms with Crippen LogP contribution in [0.4, 0.5) is 0 Å². The molecule has 1 aliphatic heterocycles. The van der Waals surface area contributed by atoms with E-state index >= 15 is 0 Å². The Morgan fingerprint density at radius 3 is 2.34 bits per heavy atom. The molecule has 0 amide bonds. The molecule has 1 unspecified atom stereocenters. The Balaban J connectivity index is 1.95. The van der Waals surface area contributed by atoms with Crippen LogP contribution >= 0.6 is 0 Å². The van der Waals surface area contributed by atoms with Crippen LogP contribution in [0.5, 0.6) is 0 Å². The van der Waals surface area contributed by atoms with E-state index in [9.17, 15) is 0 Å². The van der Waals surface area contributed by atoms with Crippen molar-refractivity contribution in [1.29, 1.82) is 0 Å². The SMILES string of the molecule is Cc1ccc2c(c1C)[C@]13CCN(C)C(C2)[C@]1(C)Cc1c(C)c(C)n(C)c1C3(C)C. The third-order valence-electron chi connectivity index (χ3n) is 10.1. The fourth-order valence-electron chi connectivity index (χ4n) is 8.40. The molecular formula is C27H38N2. The van der Waals surface area contributed by atoms with E-state index < -0.39 is 0 Å². The summed E-state index contributed by atoms with van der Waals surface area (Å²) in [5.74, 6) is 0. The molecule has 0 spiro atoms. The smallest absolute Gasteiger partial charge is 0.0275 e. The lowest BCUT2D eigenvalue weighted by Gasteiger charge is -2.70. The summed E-state index contributed by atoms with van der Waals surface area (Å²) in [4.78, 5) is 2.68. The molecule has 2 bridgehead atoms. The number of hydrogen-bond acceptors (Lipinski definition) is 1. The Kier molecular flexibility index (Phi) is 3.74. The van der Waals surface area contributed by atoms with Crippen molar-refractivity contribution in [3.63, 3.8) is 0 Å². The standard InChI is InChI=1S/C27H38N2/c1-16-10-11-20-14-22-26(7)15-21-18(3)19(4)29(9)24(21)25(5,6)27(26,12-13-28(22)8)23(20)17(16)2/h10-11,22H,12-15H2,1-9H3/t22?,26-,27-/m0/s1. The molecular weight excluding hydrogens is 352 g/mol. The number of piperidine rings is 1. The third-order valence-corrected chi connectivity index (χ3v) is 10.1. The zero-order valence-corrected chi connectivity index (χ0v) is 20.0. The number of likely N-dealkylation sites (tertiary alicyclic amines) is 1. The minimum absolute atomic E-state index is 0.0936. The predicted octanol–water partition coefficient (Wildman–Crippen LogP) is 5.30. The van der Waals surface area contributed by atoms with Crippen molar-refractivity contribution >= 4 is 0 Å². The average Bonchev–Trinajstić information content (AvgIpc) is 2.85. The Labute approximate surface area is 177 Å². The summed E-state index contributed by atoms with van der Waals surface area (Å²) in [6.45, 7) is 18.4. The molecule has 2 heterocycles. The van der Waals surface area contributed by atoms with Gasteiger partial charge in [-0.3, -0.25) is 0 Å². The number of benzene rings is 1. The third kappa shape index (κ3) is 1.93. The minimum Gasteiger partial charge on any atom is -0.351 e. The van der Waals surface area contributed by atoms with E-state index in [1.165, 1.54) is 42.6 Å². The summed E-state index contributed by atoms with van der Waals surface area (Å²) >= 11 is 0. The van der Waals surface area contributed by atoms with Crippen LogP contribution in [0.3, 0.4) is 0 Å². The van der Waals surface area contributed by atoms with E-state index in [-0.39, 0.29) is 16.2 Å². The molecule has 2 nitrogen and oxygen atoms in total. The molecule has 2 aliphatic carbocycles. The van der Waals surface area contributed by atoms with Crippen molar-refractivity contribution < 1.29 is 0 Å². The molecule has 2 aromatic rings. The summed E-state index contributed by atoms with van der Waals surface area (Å²) in [5, 5.41) is 0. The molecule has 3 aliphatic rings. The quantitative estimate of drug-likeness (QED) is 0.593. The van der Waals surface area contributed by atoms with Crippen molar-refractivity contribution in [2.75, 3.05) is 13.6 Å². The van der Waals surface area contributed by atoms with Crippen molar-refractivity contribution in [3.8, 4) is 0 Å². The van der Waals surface area contributed by atoms with Gasteiger partial charge in [0.05, 0.1) is 0 Å². The second kappa shape index (κ2) is 5.58. The van der Waals surface area contributed by atoms with Gasteiger partial charge in [0.2, 0.25) is 0 Å². The first-order valence-corrected chi connectivity index (χ1v) is 11.4. The minimum atomic E-state index is 0.0936. The molecule has 2 heteroatoms. The predicted molar refractivity (Wildman–Crippen MR) is 122 cm³/mol. The van der Waals surface area contributed by atoms with Crippen LogP contribution in [-0.2, 0) is 30.7 Å². The van der Waals surface area contributed by atoms with E-state index in [1.54, 1.807) is 27.9 Å². The molecule has 3 atom stereocenters. The van der Waals surface area contributed by atoms with Gasteiger partial charge in [-0.25, -0.2) is 0 Å². The maximum atomic E-state index is 2.68. The van der Waals surface area contributed by atoms with Crippen LogP contribution in [0.1, 0.15) is 72.0 Å². The van der Waals surface area contributed by atoms with E-state index in [1.807, 2.05) is 0 Å². The van der Waals surface area contributed by atoms with Crippen LogP contribution in [-0.4, -0.2) is 29.1 Å². The zero-order chi connectivity index (χ0) is 21.1. The lowest BCUT2D eigenvalue weighted by Crippen LogP contribution is -2.73. The second-order valence-electron chi connectivity index (χ2n) is 11.2. The van der Waals surface area contributed by atoms with Crippen molar-refractivity contribution in [2.24, 2.45) is 12.5 Å². The monoisotopic (exact) mass is 390 g/mol. The number of aromatic nitrogens is 1. The number of likely N-dealkylation sites (N-methyl/N-ethyl adjacent to an activating group) is 1. The number of nitrogens with zero attached hydrogens (tertiary/aromatic N) is 2. The number of hydrogen-bond donors (Lipinski definition) is 0. The van der Waals surface area contributed by atoms with Gasteiger partial charge in [-0.15, -0.1) is 0 Å². The summed E-state index contributed by atoms with van der Waals surface area (Å²) in [6.07, 6.45) is 3.66. The highest BCUT2D eigenvalue weighted by Crippen LogP contribution is 2.68. The topological polar surface area (TPSA) is 8.17 Å². The summed E-state index contributed by atoms with van der Waals surface area (Å²) in [7, 11) is 4.68. The van der Waals surface area contributed by atoms with Gasteiger partial charge >= 0.3 is 0 Å². The molecule has 1 aromatic heterocycles. The zero-order valence-electron chi connectivity index (χ0n) is 20.0. The molecule has 0 saturated carbocycles. The fraction of sp³-hybridized carbons (Fsp3) is 0.630. The van der Waals surface area contributed by atoms with Crippen LogP contribution < -0.4 is 0 Å². The number of aryl methyl sites for hydroxylation is 1. The Morgan fingerprint density at radius 2 is 1.66 bits per heavy atom. The molecule has 0 radical (unpaired) electrons. The highest BCUT2D eigenvalue weighted by molar-refractivity contribution is 5.58. The van der Waals surface area contributed by atoms with E-state index in [0.29, 0.717) is 6.04 Å². The maximum absolute atomic E-state index is 2.68. The van der Waals surface area contributed by atoms with Gasteiger partial charge in [0.25, 0.3) is 0 Å². The molecule has 0 N–H and O–H groups in total. The van der Waals surface area contributed by atoms with Crippen LogP contribution in [0.25, 0.3) is 0 Å². The molecule has 29 heavy (non-hydrogen) atoms. The van der Waals surface area contributed by atoms with Crippen molar-refractivity contribution in [3.05, 3.63) is 56.9 Å². The number of rotatable bonds is 0. The lowest BCUT2D eigenvalue weighted by atomic mass is 9.37. The highest BCUT2D eigenvalue weighted by Gasteiger charge is 2.69. The van der Waals surface area contributed by atoms with Crippen LogP contribution in [0.2, 0.25) is 0 Å². The van der Waals surface area contributed by atoms with E-state index in [4.69, 9.17) is 0 Å². The van der Waals surface area contributed by atoms with Gasteiger partial charge in [0.1, 0.15) is 0 Å². The second-order valence-corrected chi connectivity index (χ2v) is 11.2. The van der Waals surface area contributed by atoms with Gasteiger partial charge in [0, 0.05) is 35.3 Å². The van der Waals surface area contributed by atoms with Crippen molar-refractivity contribution in [2.45, 2.75) is 84.6 Å². The van der Waals surface area contributed by atoms with Crippen LogP contribution in [0, 0.1) is 33.1 Å². The molecule has 1 fully saturated rings. The average molecular weight is 391 g/mol. The Bertz CT molecular complexity index is 1040. The van der Waals surface area contributed by atoms with Gasteiger partial charge in [-0.2, -0.15) is 0 Å². The molecule has 5 rings (SSSR count). The number of fused-ring (bicyclic) bond motifs is 2. The summed E-state index contributed by atoms with van der Waals surface area (Å²) < 4.78 is 2.53. The van der Waals surface area contributed by atoms with Gasteiger partial charge in [0.15, 0.2) is 0 Å². The largest absolute Gasteiger partial charge is 0.351 e. The Hall–Kier alpha value is -1.54. The highest BCUT2D eigenvalue weighted by atomic mass is 15.2. The Morgan fingerprint density at radius 1 is 0.966 bits per heavy atom. The van der Waals surface area contributed by atoms with E-state index in [0.717, 1.165) is 0 Å². The molecule has 1 saturated heterocycles.